The molecule has 0 fully saturated rings. The molecule has 0 atom stereocenters. The Morgan fingerprint density at radius 3 is 1.95 bits per heavy atom. The maximum Gasteiger partial charge on any atom is 0.0547 e. The number of aromatic nitrogens is 2. The molecule has 0 aliphatic heterocycles. The van der Waals surface area contributed by atoms with Crippen molar-refractivity contribution in [2.24, 2.45) is 0 Å². The lowest BCUT2D eigenvalue weighted by Crippen LogP contribution is -1.94. The van der Waals surface area contributed by atoms with Gasteiger partial charge in [0.05, 0.1) is 16.6 Å². The lowest BCUT2D eigenvalue weighted by atomic mass is 10.0. The van der Waals surface area contributed by atoms with Crippen molar-refractivity contribution in [3.63, 3.8) is 0 Å². The average molecular weight is 485 g/mol. The van der Waals surface area contributed by atoms with Crippen molar-refractivity contribution in [3.8, 4) is 22.5 Å². The molecule has 0 unspecified atom stereocenters. The van der Waals surface area contributed by atoms with Gasteiger partial charge in [-0.15, -0.1) is 0 Å². The van der Waals surface area contributed by atoms with Gasteiger partial charge in [-0.05, 0) is 76.5 Å². The Bertz CT molecular complexity index is 2110. The zero-order valence-corrected chi connectivity index (χ0v) is 20.8. The molecule has 2 heterocycles. The molecule has 0 N–H and O–H groups in total. The molecule has 0 amide bonds. The minimum atomic E-state index is 1.17. The molecule has 0 aliphatic carbocycles. The summed E-state index contributed by atoms with van der Waals surface area (Å²) in [4.78, 5) is 0. The molecule has 0 bridgehead atoms. The molecule has 2 aromatic heterocycles. The van der Waals surface area contributed by atoms with Gasteiger partial charge < -0.3 is 9.13 Å². The fourth-order valence-corrected chi connectivity index (χ4v) is 5.96. The molecule has 2 nitrogen and oxygen atoms in total. The molecule has 0 radical (unpaired) electrons. The van der Waals surface area contributed by atoms with Gasteiger partial charge >= 0.3 is 0 Å². The third-order valence-corrected chi connectivity index (χ3v) is 7.73. The van der Waals surface area contributed by atoms with E-state index in [1.807, 2.05) is 0 Å². The van der Waals surface area contributed by atoms with Gasteiger partial charge in [-0.3, -0.25) is 0 Å². The standard InChI is InChI=1S/C36H24N2/c1-3-10-25(11-4-1)26-12-9-15-29(22-26)38-35-17-8-7-16-30(35)33-24-32-27(23-36(33)38)18-19-34-31(32)20-21-37(34)28-13-5-2-6-14-28/h1-24H. The second-order valence-corrected chi connectivity index (χ2v) is 9.88. The average Bonchev–Trinajstić information content (AvgIpc) is 3.56. The van der Waals surface area contributed by atoms with Crippen LogP contribution in [0.25, 0.3) is 66.0 Å². The van der Waals surface area contributed by atoms with Crippen molar-refractivity contribution < 1.29 is 0 Å². The van der Waals surface area contributed by atoms with Crippen molar-refractivity contribution in [2.75, 3.05) is 0 Å². The van der Waals surface area contributed by atoms with Crippen LogP contribution in [0.1, 0.15) is 0 Å². The smallest absolute Gasteiger partial charge is 0.0547 e. The van der Waals surface area contributed by atoms with Crippen LogP contribution < -0.4 is 0 Å². The normalized spacial score (nSPS) is 11.7. The van der Waals surface area contributed by atoms with E-state index in [0.29, 0.717) is 0 Å². The Kier molecular flexibility index (Phi) is 4.55. The van der Waals surface area contributed by atoms with Crippen LogP contribution in [0.3, 0.4) is 0 Å². The van der Waals surface area contributed by atoms with E-state index < -0.39 is 0 Å². The first-order valence-electron chi connectivity index (χ1n) is 13.0. The van der Waals surface area contributed by atoms with E-state index in [1.54, 1.807) is 0 Å². The van der Waals surface area contributed by atoms with E-state index in [9.17, 15) is 0 Å². The summed E-state index contributed by atoms with van der Waals surface area (Å²) in [5.41, 5.74) is 8.48. The van der Waals surface area contributed by atoms with Gasteiger partial charge in [-0.25, -0.2) is 0 Å². The maximum atomic E-state index is 2.41. The third kappa shape index (κ3) is 3.14. The van der Waals surface area contributed by atoms with Crippen molar-refractivity contribution in [1.29, 1.82) is 0 Å². The summed E-state index contributed by atoms with van der Waals surface area (Å²) in [5.74, 6) is 0. The van der Waals surface area contributed by atoms with Crippen LogP contribution in [0, 0.1) is 0 Å². The highest BCUT2D eigenvalue weighted by Gasteiger charge is 2.15. The van der Waals surface area contributed by atoms with Gasteiger partial charge in [0.25, 0.3) is 0 Å². The Hall–Kier alpha value is -5.08. The minimum absolute atomic E-state index is 1.17. The lowest BCUT2D eigenvalue weighted by molar-refractivity contribution is 1.13. The van der Waals surface area contributed by atoms with Crippen LogP contribution in [-0.2, 0) is 0 Å². The summed E-state index contributed by atoms with van der Waals surface area (Å²) in [6.07, 6.45) is 2.18. The Balaban J connectivity index is 1.40. The molecule has 6 aromatic carbocycles. The lowest BCUT2D eigenvalue weighted by Gasteiger charge is -2.11. The summed E-state index contributed by atoms with van der Waals surface area (Å²) in [6.45, 7) is 0. The van der Waals surface area contributed by atoms with Crippen molar-refractivity contribution in [1.82, 2.24) is 9.13 Å². The zero-order chi connectivity index (χ0) is 25.1. The van der Waals surface area contributed by atoms with Gasteiger partial charge in [0.2, 0.25) is 0 Å². The summed E-state index contributed by atoms with van der Waals surface area (Å²) >= 11 is 0. The van der Waals surface area contributed by atoms with Gasteiger partial charge in [0.1, 0.15) is 0 Å². The molecule has 0 aliphatic rings. The topological polar surface area (TPSA) is 9.86 Å². The molecular weight excluding hydrogens is 460 g/mol. The third-order valence-electron chi connectivity index (χ3n) is 7.73. The largest absolute Gasteiger partial charge is 0.317 e. The molecule has 178 valence electrons. The first kappa shape index (κ1) is 21.0. The number of para-hydroxylation sites is 2. The molecule has 0 saturated carbocycles. The molecule has 8 rings (SSSR count). The van der Waals surface area contributed by atoms with Crippen LogP contribution in [0.2, 0.25) is 0 Å². The molecular formula is C36H24N2. The van der Waals surface area contributed by atoms with E-state index in [-0.39, 0.29) is 0 Å². The number of nitrogens with zero attached hydrogens (tertiary/aromatic N) is 2. The molecule has 0 spiro atoms. The second kappa shape index (κ2) is 8.22. The van der Waals surface area contributed by atoms with Crippen LogP contribution in [0.4, 0.5) is 0 Å². The molecule has 38 heavy (non-hydrogen) atoms. The Morgan fingerprint density at radius 2 is 1.08 bits per heavy atom. The maximum absolute atomic E-state index is 2.41. The molecule has 8 aromatic rings. The van der Waals surface area contributed by atoms with E-state index in [2.05, 4.69) is 155 Å². The van der Waals surface area contributed by atoms with E-state index in [1.165, 1.54) is 66.0 Å². The van der Waals surface area contributed by atoms with Crippen LogP contribution in [0.15, 0.2) is 146 Å². The predicted octanol–water partition coefficient (Wildman–Crippen LogP) is 9.55. The fraction of sp³-hybridized carbons (Fsp3) is 0. The number of hydrogen-bond donors (Lipinski definition) is 0. The predicted molar refractivity (Wildman–Crippen MR) is 161 cm³/mol. The number of fused-ring (bicyclic) bond motifs is 6. The van der Waals surface area contributed by atoms with E-state index >= 15 is 0 Å². The molecule has 0 saturated heterocycles. The minimum Gasteiger partial charge on any atom is -0.317 e. The van der Waals surface area contributed by atoms with Crippen LogP contribution in [-0.4, -0.2) is 9.13 Å². The Morgan fingerprint density at radius 1 is 0.368 bits per heavy atom. The van der Waals surface area contributed by atoms with E-state index in [0.717, 1.165) is 0 Å². The summed E-state index contributed by atoms with van der Waals surface area (Å²) in [7, 11) is 0. The van der Waals surface area contributed by atoms with Gasteiger partial charge in [-0.2, -0.15) is 0 Å². The number of benzene rings is 6. The monoisotopic (exact) mass is 484 g/mol. The zero-order valence-electron chi connectivity index (χ0n) is 20.8. The van der Waals surface area contributed by atoms with Gasteiger partial charge in [-0.1, -0.05) is 84.9 Å². The fourth-order valence-electron chi connectivity index (χ4n) is 5.96. The highest BCUT2D eigenvalue weighted by molar-refractivity contribution is 6.18. The second-order valence-electron chi connectivity index (χ2n) is 9.88. The number of hydrogen-bond acceptors (Lipinski definition) is 0. The first-order valence-corrected chi connectivity index (χ1v) is 13.0. The van der Waals surface area contributed by atoms with Crippen molar-refractivity contribution in [3.05, 3.63) is 146 Å². The molecule has 2 heteroatoms. The van der Waals surface area contributed by atoms with E-state index in [4.69, 9.17) is 0 Å². The van der Waals surface area contributed by atoms with Gasteiger partial charge in [0, 0.05) is 33.7 Å². The summed E-state index contributed by atoms with van der Waals surface area (Å²) in [6, 6.07) is 50.3. The quantitative estimate of drug-likeness (QED) is 0.236. The summed E-state index contributed by atoms with van der Waals surface area (Å²) < 4.78 is 4.69. The van der Waals surface area contributed by atoms with Crippen LogP contribution >= 0.6 is 0 Å². The number of rotatable bonds is 3. The Labute approximate surface area is 220 Å². The first-order chi connectivity index (χ1) is 18.8. The van der Waals surface area contributed by atoms with Crippen LogP contribution in [0.5, 0.6) is 0 Å². The highest BCUT2D eigenvalue weighted by atomic mass is 15.0. The SMILES string of the molecule is c1ccc(-c2cccc(-n3c4ccccc4c4cc5c(ccc6c5ccn6-c5ccccc5)cc43)c2)cc1. The van der Waals surface area contributed by atoms with Gasteiger partial charge in [0.15, 0.2) is 0 Å². The summed E-state index contributed by atoms with van der Waals surface area (Å²) in [5, 5.41) is 6.35. The van der Waals surface area contributed by atoms with Crippen molar-refractivity contribution >= 4 is 43.5 Å². The highest BCUT2D eigenvalue weighted by Crippen LogP contribution is 2.38. The van der Waals surface area contributed by atoms with Crippen molar-refractivity contribution in [2.45, 2.75) is 0 Å².